The number of halogens is 3. The zero-order valence-electron chi connectivity index (χ0n) is 17.4. The predicted molar refractivity (Wildman–Crippen MR) is 109 cm³/mol. The van der Waals surface area contributed by atoms with Gasteiger partial charge in [-0.15, -0.1) is 0 Å². The molecule has 3 rings (SSSR count). The molecule has 1 saturated heterocycles. The van der Waals surface area contributed by atoms with Gasteiger partial charge in [-0.2, -0.15) is 13.2 Å². The van der Waals surface area contributed by atoms with Crippen molar-refractivity contribution in [3.8, 4) is 11.4 Å². The molecule has 0 aliphatic carbocycles. The lowest BCUT2D eigenvalue weighted by Crippen LogP contribution is -2.52. The van der Waals surface area contributed by atoms with E-state index in [4.69, 9.17) is 4.98 Å². The highest BCUT2D eigenvalue weighted by molar-refractivity contribution is 5.74. The molecule has 30 heavy (non-hydrogen) atoms. The lowest BCUT2D eigenvalue weighted by molar-refractivity contribution is -0.137. The number of anilines is 1. The summed E-state index contributed by atoms with van der Waals surface area (Å²) in [6.07, 6.45) is -3.64. The minimum absolute atomic E-state index is 0.0721. The summed E-state index contributed by atoms with van der Waals surface area (Å²) in [6, 6.07) is 4.83. The first kappa shape index (κ1) is 21.9. The summed E-state index contributed by atoms with van der Waals surface area (Å²) in [5.41, 5.74) is 1.66. The van der Waals surface area contributed by atoms with Crippen LogP contribution in [0, 0.1) is 6.92 Å². The SMILES string of the molecule is CCNC(=O)N1CCN(c2nc(-c3ccc(C(F)(F)F)cc3)nc(C)c2CC)CC1. The molecule has 0 unspecified atom stereocenters. The van der Waals surface area contributed by atoms with Crippen LogP contribution in [0.4, 0.5) is 23.8 Å². The van der Waals surface area contributed by atoms with Gasteiger partial charge in [-0.05, 0) is 32.4 Å². The van der Waals surface area contributed by atoms with Crippen LogP contribution in [0.15, 0.2) is 24.3 Å². The van der Waals surface area contributed by atoms with Gasteiger partial charge in [0.05, 0.1) is 5.56 Å². The number of alkyl halides is 3. The number of hydrogen-bond donors (Lipinski definition) is 1. The van der Waals surface area contributed by atoms with Crippen molar-refractivity contribution in [1.82, 2.24) is 20.2 Å². The van der Waals surface area contributed by atoms with Gasteiger partial charge in [0.1, 0.15) is 5.82 Å². The normalized spacial score (nSPS) is 14.7. The molecule has 9 heteroatoms. The summed E-state index contributed by atoms with van der Waals surface area (Å²) in [4.78, 5) is 25.2. The van der Waals surface area contributed by atoms with E-state index in [9.17, 15) is 18.0 Å². The molecule has 2 heterocycles. The minimum Gasteiger partial charge on any atom is -0.353 e. The summed E-state index contributed by atoms with van der Waals surface area (Å²) in [6.45, 7) is 8.80. The fourth-order valence-electron chi connectivity index (χ4n) is 3.58. The Morgan fingerprint density at radius 1 is 1.07 bits per heavy atom. The fourth-order valence-corrected chi connectivity index (χ4v) is 3.58. The average Bonchev–Trinajstić information content (AvgIpc) is 2.73. The number of benzene rings is 1. The van der Waals surface area contributed by atoms with Crippen LogP contribution in [0.1, 0.15) is 30.7 Å². The smallest absolute Gasteiger partial charge is 0.353 e. The fraction of sp³-hybridized carbons (Fsp3) is 0.476. The monoisotopic (exact) mass is 421 g/mol. The zero-order valence-corrected chi connectivity index (χ0v) is 17.4. The summed E-state index contributed by atoms with van der Waals surface area (Å²) >= 11 is 0. The lowest BCUT2D eigenvalue weighted by atomic mass is 10.1. The molecule has 0 bridgehead atoms. The molecule has 0 spiro atoms. The second-order valence-corrected chi connectivity index (χ2v) is 7.17. The quantitative estimate of drug-likeness (QED) is 0.814. The molecule has 1 fully saturated rings. The topological polar surface area (TPSA) is 61.4 Å². The average molecular weight is 421 g/mol. The van der Waals surface area contributed by atoms with Crippen molar-refractivity contribution >= 4 is 11.8 Å². The number of carbonyl (C=O) groups is 1. The van der Waals surface area contributed by atoms with Gasteiger partial charge >= 0.3 is 12.2 Å². The van der Waals surface area contributed by atoms with E-state index < -0.39 is 11.7 Å². The molecule has 1 aromatic carbocycles. The van der Waals surface area contributed by atoms with Crippen molar-refractivity contribution in [2.45, 2.75) is 33.4 Å². The van der Waals surface area contributed by atoms with E-state index >= 15 is 0 Å². The molecular formula is C21H26F3N5O. The molecule has 162 valence electrons. The van der Waals surface area contributed by atoms with Crippen molar-refractivity contribution in [2.24, 2.45) is 0 Å². The molecule has 0 radical (unpaired) electrons. The van der Waals surface area contributed by atoms with Crippen LogP contribution in [0.5, 0.6) is 0 Å². The second-order valence-electron chi connectivity index (χ2n) is 7.17. The van der Waals surface area contributed by atoms with E-state index in [2.05, 4.69) is 15.2 Å². The summed E-state index contributed by atoms with van der Waals surface area (Å²) < 4.78 is 38.6. The minimum atomic E-state index is -4.38. The molecule has 1 N–H and O–H groups in total. The Morgan fingerprint density at radius 2 is 1.70 bits per heavy atom. The molecule has 1 aliphatic rings. The molecule has 2 amide bonds. The zero-order chi connectivity index (χ0) is 21.9. The van der Waals surface area contributed by atoms with Crippen LogP contribution in [-0.4, -0.2) is 53.6 Å². The Labute approximate surface area is 174 Å². The second kappa shape index (κ2) is 8.89. The maximum Gasteiger partial charge on any atom is 0.416 e. The number of aryl methyl sites for hydroxylation is 1. The summed E-state index contributed by atoms with van der Waals surface area (Å²) in [5.74, 6) is 1.19. The van der Waals surface area contributed by atoms with Crippen LogP contribution in [-0.2, 0) is 12.6 Å². The maximum atomic E-state index is 12.9. The third-order valence-corrected chi connectivity index (χ3v) is 5.21. The number of carbonyl (C=O) groups excluding carboxylic acids is 1. The molecule has 1 aliphatic heterocycles. The van der Waals surface area contributed by atoms with Gasteiger partial charge in [0.25, 0.3) is 0 Å². The van der Waals surface area contributed by atoms with E-state index in [1.54, 1.807) is 4.90 Å². The van der Waals surface area contributed by atoms with Gasteiger partial charge in [0.15, 0.2) is 5.82 Å². The summed E-state index contributed by atoms with van der Waals surface area (Å²) in [5, 5.41) is 2.81. The van der Waals surface area contributed by atoms with Crippen molar-refractivity contribution in [3.63, 3.8) is 0 Å². The Kier molecular flexibility index (Phi) is 6.48. The largest absolute Gasteiger partial charge is 0.416 e. The number of aromatic nitrogens is 2. The van der Waals surface area contributed by atoms with Crippen molar-refractivity contribution in [2.75, 3.05) is 37.6 Å². The van der Waals surface area contributed by atoms with E-state index in [0.717, 1.165) is 35.6 Å². The molecule has 2 aromatic rings. The van der Waals surface area contributed by atoms with Gasteiger partial charge in [-0.25, -0.2) is 14.8 Å². The van der Waals surface area contributed by atoms with Gasteiger partial charge in [0.2, 0.25) is 0 Å². The highest BCUT2D eigenvalue weighted by Crippen LogP contribution is 2.31. The Balaban J connectivity index is 1.87. The molecular weight excluding hydrogens is 395 g/mol. The van der Waals surface area contributed by atoms with Gasteiger partial charge in [-0.3, -0.25) is 0 Å². The van der Waals surface area contributed by atoms with Crippen LogP contribution in [0.2, 0.25) is 0 Å². The summed E-state index contributed by atoms with van der Waals surface area (Å²) in [7, 11) is 0. The van der Waals surface area contributed by atoms with Gasteiger partial charge in [0, 0.05) is 49.5 Å². The molecule has 0 saturated carbocycles. The first-order valence-corrected chi connectivity index (χ1v) is 10.1. The van der Waals surface area contributed by atoms with Crippen molar-refractivity contribution in [1.29, 1.82) is 0 Å². The highest BCUT2D eigenvalue weighted by atomic mass is 19.4. The number of amides is 2. The van der Waals surface area contributed by atoms with Crippen LogP contribution < -0.4 is 10.2 Å². The maximum absolute atomic E-state index is 12.9. The first-order valence-electron chi connectivity index (χ1n) is 10.1. The number of urea groups is 1. The van der Waals surface area contributed by atoms with Crippen molar-refractivity contribution < 1.29 is 18.0 Å². The molecule has 1 aromatic heterocycles. The van der Waals surface area contributed by atoms with Crippen LogP contribution in [0.25, 0.3) is 11.4 Å². The van der Waals surface area contributed by atoms with Crippen LogP contribution in [0.3, 0.4) is 0 Å². The number of hydrogen-bond acceptors (Lipinski definition) is 4. The first-order chi connectivity index (χ1) is 14.2. The number of piperazine rings is 1. The predicted octanol–water partition coefficient (Wildman–Crippen LogP) is 3.88. The number of nitrogens with zero attached hydrogens (tertiary/aromatic N) is 4. The highest BCUT2D eigenvalue weighted by Gasteiger charge is 2.30. The third kappa shape index (κ3) is 4.66. The van der Waals surface area contributed by atoms with E-state index in [1.807, 2.05) is 20.8 Å². The molecule has 0 atom stereocenters. The Hall–Kier alpha value is -2.84. The van der Waals surface area contributed by atoms with E-state index in [-0.39, 0.29) is 6.03 Å². The van der Waals surface area contributed by atoms with Crippen molar-refractivity contribution in [3.05, 3.63) is 41.1 Å². The van der Waals surface area contributed by atoms with E-state index in [0.29, 0.717) is 44.1 Å². The Morgan fingerprint density at radius 3 is 2.23 bits per heavy atom. The Bertz CT molecular complexity index is 891. The molecule has 6 nitrogen and oxygen atoms in total. The number of rotatable bonds is 4. The number of nitrogens with one attached hydrogen (secondary N) is 1. The lowest BCUT2D eigenvalue weighted by Gasteiger charge is -2.36. The van der Waals surface area contributed by atoms with E-state index in [1.165, 1.54) is 12.1 Å². The van der Waals surface area contributed by atoms with Crippen LogP contribution >= 0.6 is 0 Å². The third-order valence-electron chi connectivity index (χ3n) is 5.21. The van der Waals surface area contributed by atoms with Gasteiger partial charge < -0.3 is 15.1 Å². The van der Waals surface area contributed by atoms with Gasteiger partial charge in [-0.1, -0.05) is 19.1 Å². The standard InChI is InChI=1S/C21H26F3N5O/c1-4-17-14(3)26-18(15-6-8-16(9-7-15)21(22,23)24)27-19(17)28-10-12-29(13-11-28)20(30)25-5-2/h6-9H,4-5,10-13H2,1-3H3,(H,25,30).